The Balaban J connectivity index is 2.04. The molecule has 2 rings (SSSR count). The van der Waals surface area contributed by atoms with Gasteiger partial charge in [0.15, 0.2) is 0 Å². The summed E-state index contributed by atoms with van der Waals surface area (Å²) in [5.74, 6) is -0.441. The Morgan fingerprint density at radius 2 is 1.67 bits per heavy atom. The summed E-state index contributed by atoms with van der Waals surface area (Å²) >= 11 is 0. The maximum absolute atomic E-state index is 12.0. The molecule has 0 atom stereocenters. The van der Waals surface area contributed by atoms with E-state index in [4.69, 9.17) is 4.74 Å². The number of nitrogens with one attached hydrogen (secondary N) is 1. The fourth-order valence-corrected chi connectivity index (χ4v) is 2.76. The van der Waals surface area contributed by atoms with Crippen molar-refractivity contribution in [2.75, 3.05) is 4.72 Å². The van der Waals surface area contributed by atoms with Gasteiger partial charge in [-0.3, -0.25) is 4.72 Å². The van der Waals surface area contributed by atoms with E-state index in [9.17, 15) is 13.2 Å². The van der Waals surface area contributed by atoms with Gasteiger partial charge in [0.2, 0.25) is 0 Å². The van der Waals surface area contributed by atoms with Crippen LogP contribution < -0.4 is 4.72 Å². The van der Waals surface area contributed by atoms with Gasteiger partial charge in [-0.25, -0.2) is 13.2 Å². The van der Waals surface area contributed by atoms with Crippen molar-refractivity contribution in [1.29, 1.82) is 0 Å². The zero-order valence-corrected chi connectivity index (χ0v) is 14.3. The first kappa shape index (κ1) is 17.7. The zero-order chi connectivity index (χ0) is 17.6. The maximum Gasteiger partial charge on any atom is 0.338 e. The smallest absolute Gasteiger partial charge is 0.338 e. The number of rotatable bonds is 6. The molecule has 0 heterocycles. The van der Waals surface area contributed by atoms with Crippen LogP contribution in [0.3, 0.4) is 0 Å². The second kappa shape index (κ2) is 7.79. The van der Waals surface area contributed by atoms with E-state index in [0.29, 0.717) is 11.3 Å². The summed E-state index contributed by atoms with van der Waals surface area (Å²) < 4.78 is 31.6. The molecular weight excluding hydrogens is 326 g/mol. The number of carbonyl (C=O) groups excluding carboxylic acids is 1. The van der Waals surface area contributed by atoms with Crippen LogP contribution in [0, 0.1) is 0 Å². The minimum absolute atomic E-state index is 0.209. The summed E-state index contributed by atoms with van der Waals surface area (Å²) in [7, 11) is -3.63. The average Bonchev–Trinajstić information content (AvgIpc) is 2.54. The first-order valence-electron chi connectivity index (χ1n) is 7.43. The zero-order valence-electron chi connectivity index (χ0n) is 13.5. The van der Waals surface area contributed by atoms with Crippen LogP contribution in [-0.2, 0) is 14.8 Å². The molecule has 2 aromatic carbocycles. The summed E-state index contributed by atoms with van der Waals surface area (Å²) in [6.07, 6.45) is 1.30. The summed E-state index contributed by atoms with van der Waals surface area (Å²) in [5.41, 5.74) is 1.52. The molecular formula is C18H19NO4S. The third-order valence-electron chi connectivity index (χ3n) is 2.96. The predicted octanol–water partition coefficient (Wildman–Crippen LogP) is 3.66. The lowest BCUT2D eigenvalue weighted by Gasteiger charge is -2.09. The Morgan fingerprint density at radius 1 is 1.04 bits per heavy atom. The number of esters is 1. The number of anilines is 1. The van der Waals surface area contributed by atoms with Crippen LogP contribution in [0.1, 0.15) is 29.8 Å². The van der Waals surface area contributed by atoms with Gasteiger partial charge < -0.3 is 4.74 Å². The normalized spacial score (nSPS) is 11.6. The van der Waals surface area contributed by atoms with E-state index in [1.165, 1.54) is 30.3 Å². The quantitative estimate of drug-likeness (QED) is 0.811. The molecule has 6 heteroatoms. The molecule has 0 unspecified atom stereocenters. The highest BCUT2D eigenvalue weighted by Gasteiger charge is 2.10. The molecule has 5 nitrogen and oxygen atoms in total. The minimum Gasteiger partial charge on any atom is -0.459 e. The predicted molar refractivity (Wildman–Crippen MR) is 95.0 cm³/mol. The standard InChI is InChI=1S/C18H19NO4S/c1-14(2)23-18(20)16-8-10-17(11-9-16)19-24(21,22)13-12-15-6-4-3-5-7-15/h3-14,19H,1-2H3/b13-12+. The van der Waals surface area contributed by atoms with Gasteiger partial charge in [0.1, 0.15) is 0 Å². The van der Waals surface area contributed by atoms with E-state index in [1.807, 2.05) is 18.2 Å². The Labute approximate surface area is 142 Å². The van der Waals surface area contributed by atoms with E-state index in [0.717, 1.165) is 11.0 Å². The summed E-state index contributed by atoms with van der Waals surface area (Å²) in [4.78, 5) is 11.7. The number of carbonyl (C=O) groups is 1. The van der Waals surface area contributed by atoms with Gasteiger partial charge in [0.05, 0.1) is 17.1 Å². The molecule has 0 amide bonds. The molecule has 0 saturated heterocycles. The number of ether oxygens (including phenoxy) is 1. The van der Waals surface area contributed by atoms with Crippen LogP contribution in [-0.4, -0.2) is 20.5 Å². The van der Waals surface area contributed by atoms with Crippen molar-refractivity contribution < 1.29 is 17.9 Å². The van der Waals surface area contributed by atoms with Crippen molar-refractivity contribution >= 4 is 27.8 Å². The second-order valence-corrected chi connectivity index (χ2v) is 6.96. The molecule has 0 fully saturated rings. The van der Waals surface area contributed by atoms with E-state index in [1.54, 1.807) is 26.0 Å². The highest BCUT2D eigenvalue weighted by molar-refractivity contribution is 7.95. The third kappa shape index (κ3) is 5.55. The molecule has 0 aliphatic rings. The number of hydrogen-bond donors (Lipinski definition) is 1. The molecule has 0 radical (unpaired) electrons. The molecule has 0 bridgehead atoms. The van der Waals surface area contributed by atoms with Crippen LogP contribution in [0.15, 0.2) is 60.0 Å². The monoisotopic (exact) mass is 345 g/mol. The Hall–Kier alpha value is -2.60. The molecule has 0 aromatic heterocycles. The molecule has 1 N–H and O–H groups in total. The summed E-state index contributed by atoms with van der Waals surface area (Å²) in [5, 5.41) is 1.10. The van der Waals surface area contributed by atoms with Gasteiger partial charge in [-0.15, -0.1) is 0 Å². The lowest BCUT2D eigenvalue weighted by atomic mass is 10.2. The van der Waals surface area contributed by atoms with Gasteiger partial charge in [0, 0.05) is 5.69 Å². The van der Waals surface area contributed by atoms with Gasteiger partial charge in [-0.1, -0.05) is 30.3 Å². The average molecular weight is 345 g/mol. The molecule has 24 heavy (non-hydrogen) atoms. The van der Waals surface area contributed by atoms with Crippen molar-refractivity contribution in [1.82, 2.24) is 0 Å². The van der Waals surface area contributed by atoms with E-state index in [-0.39, 0.29) is 6.10 Å². The molecule has 0 spiro atoms. The van der Waals surface area contributed by atoms with Crippen LogP contribution >= 0.6 is 0 Å². The highest BCUT2D eigenvalue weighted by atomic mass is 32.2. The number of sulfonamides is 1. The van der Waals surface area contributed by atoms with Crippen LogP contribution in [0.4, 0.5) is 5.69 Å². The van der Waals surface area contributed by atoms with E-state index in [2.05, 4.69) is 4.72 Å². The largest absolute Gasteiger partial charge is 0.459 e. The Kier molecular flexibility index (Phi) is 5.76. The second-order valence-electron chi connectivity index (χ2n) is 5.39. The minimum atomic E-state index is -3.63. The van der Waals surface area contributed by atoms with Crippen LogP contribution in [0.5, 0.6) is 0 Å². The van der Waals surface area contributed by atoms with Crippen molar-refractivity contribution in [3.63, 3.8) is 0 Å². The fraction of sp³-hybridized carbons (Fsp3) is 0.167. The third-order valence-corrected chi connectivity index (χ3v) is 3.98. The SMILES string of the molecule is CC(C)OC(=O)c1ccc(NS(=O)(=O)/C=C/c2ccccc2)cc1. The first-order valence-corrected chi connectivity index (χ1v) is 8.97. The Bertz CT molecular complexity index is 810. The molecule has 2 aromatic rings. The van der Waals surface area contributed by atoms with E-state index < -0.39 is 16.0 Å². The lowest BCUT2D eigenvalue weighted by molar-refractivity contribution is 0.0378. The molecule has 0 saturated carbocycles. The maximum atomic E-state index is 12.0. The number of benzene rings is 2. The first-order chi connectivity index (χ1) is 11.4. The van der Waals surface area contributed by atoms with Crippen molar-refractivity contribution in [3.8, 4) is 0 Å². The van der Waals surface area contributed by atoms with Crippen molar-refractivity contribution in [3.05, 3.63) is 71.1 Å². The summed E-state index contributed by atoms with van der Waals surface area (Å²) in [6, 6.07) is 15.2. The molecule has 0 aliphatic heterocycles. The summed E-state index contributed by atoms with van der Waals surface area (Å²) in [6.45, 7) is 3.53. The van der Waals surface area contributed by atoms with Crippen LogP contribution in [0.25, 0.3) is 6.08 Å². The van der Waals surface area contributed by atoms with Gasteiger partial charge in [-0.2, -0.15) is 0 Å². The molecule has 0 aliphatic carbocycles. The van der Waals surface area contributed by atoms with Gasteiger partial charge >= 0.3 is 5.97 Å². The fourth-order valence-electron chi connectivity index (χ4n) is 1.89. The number of hydrogen-bond acceptors (Lipinski definition) is 4. The lowest BCUT2D eigenvalue weighted by Crippen LogP contribution is -2.12. The van der Waals surface area contributed by atoms with Gasteiger partial charge in [0.25, 0.3) is 10.0 Å². The van der Waals surface area contributed by atoms with Crippen molar-refractivity contribution in [2.45, 2.75) is 20.0 Å². The van der Waals surface area contributed by atoms with Crippen molar-refractivity contribution in [2.24, 2.45) is 0 Å². The van der Waals surface area contributed by atoms with E-state index >= 15 is 0 Å². The topological polar surface area (TPSA) is 72.5 Å². The highest BCUT2D eigenvalue weighted by Crippen LogP contribution is 2.14. The Morgan fingerprint density at radius 3 is 2.25 bits per heavy atom. The molecule has 126 valence electrons. The van der Waals surface area contributed by atoms with Gasteiger partial charge in [-0.05, 0) is 49.8 Å². The van der Waals surface area contributed by atoms with Crippen LogP contribution in [0.2, 0.25) is 0 Å².